The number of aromatic nitrogens is 4. The zero-order chi connectivity index (χ0) is 36.6. The molecule has 10 rings (SSSR count). The molecule has 0 saturated carbocycles. The summed E-state index contributed by atoms with van der Waals surface area (Å²) >= 11 is 0. The Morgan fingerprint density at radius 1 is 0.273 bits per heavy atom. The monoisotopic (exact) mass is 702 g/mol. The number of rotatable bonds is 7. The average molecular weight is 703 g/mol. The van der Waals surface area contributed by atoms with Gasteiger partial charge in [-0.1, -0.05) is 182 Å². The molecular weight excluding hydrogens is 669 g/mol. The standard InChI is InChI=1S/C51H34N4/c1-3-16-35(17-4-1)39-20-15-21-40(34-39)50-52-49(53-51(54-50)45-26-8-7-22-41(45)36-18-5-2-6-19-36)38-32-30-37(31-33-38)42-23-9-12-27-46(42)55-47-28-13-10-24-43(47)44-25-11-14-29-48(44)55/h1-34H. The summed E-state index contributed by atoms with van der Waals surface area (Å²) in [6.07, 6.45) is 0. The normalized spacial score (nSPS) is 11.3. The van der Waals surface area contributed by atoms with E-state index in [1.54, 1.807) is 0 Å². The molecule has 8 aromatic carbocycles. The third-order valence-corrected chi connectivity index (χ3v) is 10.3. The van der Waals surface area contributed by atoms with Crippen molar-refractivity contribution in [2.24, 2.45) is 0 Å². The van der Waals surface area contributed by atoms with E-state index in [0.717, 1.165) is 55.8 Å². The maximum absolute atomic E-state index is 5.17. The fourth-order valence-electron chi connectivity index (χ4n) is 7.66. The number of nitrogens with zero attached hydrogens (tertiary/aromatic N) is 4. The van der Waals surface area contributed by atoms with Crippen LogP contribution in [0.25, 0.3) is 95.0 Å². The van der Waals surface area contributed by atoms with Crippen LogP contribution in [0.2, 0.25) is 0 Å². The molecule has 55 heavy (non-hydrogen) atoms. The molecule has 0 N–H and O–H groups in total. The number of hydrogen-bond donors (Lipinski definition) is 0. The van der Waals surface area contributed by atoms with Gasteiger partial charge in [-0.05, 0) is 52.1 Å². The molecule has 258 valence electrons. The van der Waals surface area contributed by atoms with Gasteiger partial charge in [-0.15, -0.1) is 0 Å². The summed E-state index contributed by atoms with van der Waals surface area (Å²) in [4.78, 5) is 15.5. The number of para-hydroxylation sites is 3. The van der Waals surface area contributed by atoms with Crippen molar-refractivity contribution in [1.29, 1.82) is 0 Å². The Morgan fingerprint density at radius 3 is 1.42 bits per heavy atom. The highest BCUT2D eigenvalue weighted by molar-refractivity contribution is 6.09. The number of hydrogen-bond acceptors (Lipinski definition) is 3. The summed E-state index contributed by atoms with van der Waals surface area (Å²) in [5.74, 6) is 1.88. The van der Waals surface area contributed by atoms with Crippen molar-refractivity contribution in [2.75, 3.05) is 0 Å². The minimum absolute atomic E-state index is 0.621. The SMILES string of the molecule is c1ccc(-c2cccc(-c3nc(-c4ccc(-c5ccccc5-n5c6ccccc6c6ccccc65)cc4)nc(-c4ccccc4-c4ccccc4)n3)c2)cc1. The number of benzene rings is 8. The van der Waals surface area contributed by atoms with Crippen LogP contribution >= 0.6 is 0 Å². The smallest absolute Gasteiger partial charge is 0.164 e. The Labute approximate surface area is 319 Å². The fraction of sp³-hybridized carbons (Fsp3) is 0. The van der Waals surface area contributed by atoms with Gasteiger partial charge >= 0.3 is 0 Å². The van der Waals surface area contributed by atoms with Crippen LogP contribution in [0.15, 0.2) is 206 Å². The van der Waals surface area contributed by atoms with Crippen LogP contribution in [0.1, 0.15) is 0 Å². The Morgan fingerprint density at radius 2 is 0.727 bits per heavy atom. The lowest BCUT2D eigenvalue weighted by Crippen LogP contribution is -2.01. The molecule has 0 aliphatic carbocycles. The summed E-state index contributed by atoms with van der Waals surface area (Å²) in [6, 6.07) is 72.1. The highest BCUT2D eigenvalue weighted by atomic mass is 15.0. The quantitative estimate of drug-likeness (QED) is 0.166. The van der Waals surface area contributed by atoms with E-state index in [1.807, 2.05) is 18.2 Å². The van der Waals surface area contributed by atoms with Crippen molar-refractivity contribution in [2.45, 2.75) is 0 Å². The molecule has 2 heterocycles. The molecule has 0 atom stereocenters. The topological polar surface area (TPSA) is 43.6 Å². The first-order chi connectivity index (χ1) is 27.3. The van der Waals surface area contributed by atoms with Crippen molar-refractivity contribution in [3.8, 4) is 73.2 Å². The van der Waals surface area contributed by atoms with Crippen LogP contribution in [0.4, 0.5) is 0 Å². The van der Waals surface area contributed by atoms with Crippen molar-refractivity contribution in [1.82, 2.24) is 19.5 Å². The van der Waals surface area contributed by atoms with Crippen molar-refractivity contribution in [3.63, 3.8) is 0 Å². The highest BCUT2D eigenvalue weighted by Crippen LogP contribution is 2.37. The Kier molecular flexibility index (Phi) is 8.12. The molecular formula is C51H34N4. The largest absolute Gasteiger partial charge is 0.309 e. The van der Waals surface area contributed by atoms with Crippen LogP contribution in [-0.4, -0.2) is 19.5 Å². The van der Waals surface area contributed by atoms with Gasteiger partial charge in [0.25, 0.3) is 0 Å². The van der Waals surface area contributed by atoms with Gasteiger partial charge in [0.2, 0.25) is 0 Å². The lowest BCUT2D eigenvalue weighted by Gasteiger charge is -2.15. The third kappa shape index (κ3) is 5.96. The maximum atomic E-state index is 5.17. The van der Waals surface area contributed by atoms with E-state index in [-0.39, 0.29) is 0 Å². The van der Waals surface area contributed by atoms with E-state index < -0.39 is 0 Å². The average Bonchev–Trinajstić information content (AvgIpc) is 3.61. The van der Waals surface area contributed by atoms with Crippen LogP contribution in [-0.2, 0) is 0 Å². The van der Waals surface area contributed by atoms with Gasteiger partial charge in [0.05, 0.1) is 16.7 Å². The molecule has 4 nitrogen and oxygen atoms in total. The fourth-order valence-corrected chi connectivity index (χ4v) is 7.66. The summed E-state index contributed by atoms with van der Waals surface area (Å²) in [5.41, 5.74) is 13.0. The predicted molar refractivity (Wildman–Crippen MR) is 227 cm³/mol. The Bertz CT molecular complexity index is 2910. The second kappa shape index (κ2) is 13.8. The van der Waals surface area contributed by atoms with Crippen LogP contribution in [0.3, 0.4) is 0 Å². The second-order valence-electron chi connectivity index (χ2n) is 13.6. The maximum Gasteiger partial charge on any atom is 0.164 e. The summed E-state index contributed by atoms with van der Waals surface area (Å²) in [5, 5.41) is 2.49. The van der Waals surface area contributed by atoms with E-state index in [4.69, 9.17) is 15.0 Å². The first kappa shape index (κ1) is 32.2. The molecule has 0 bridgehead atoms. The van der Waals surface area contributed by atoms with Crippen LogP contribution < -0.4 is 0 Å². The zero-order valence-corrected chi connectivity index (χ0v) is 29.9. The summed E-state index contributed by atoms with van der Waals surface area (Å²) < 4.78 is 2.38. The molecule has 4 heteroatoms. The van der Waals surface area contributed by atoms with E-state index in [9.17, 15) is 0 Å². The molecule has 0 aliphatic heterocycles. The van der Waals surface area contributed by atoms with Gasteiger partial charge in [0.15, 0.2) is 17.5 Å². The van der Waals surface area contributed by atoms with Gasteiger partial charge in [-0.25, -0.2) is 15.0 Å². The zero-order valence-electron chi connectivity index (χ0n) is 29.9. The molecule has 0 aliphatic rings. The van der Waals surface area contributed by atoms with E-state index in [0.29, 0.717) is 17.5 Å². The number of fused-ring (bicyclic) bond motifs is 3. The van der Waals surface area contributed by atoms with Gasteiger partial charge in [0.1, 0.15) is 0 Å². The molecule has 0 fully saturated rings. The highest BCUT2D eigenvalue weighted by Gasteiger charge is 2.18. The molecule has 0 spiro atoms. The lowest BCUT2D eigenvalue weighted by molar-refractivity contribution is 1.07. The van der Waals surface area contributed by atoms with E-state index in [1.165, 1.54) is 21.8 Å². The van der Waals surface area contributed by atoms with Crippen LogP contribution in [0, 0.1) is 0 Å². The predicted octanol–water partition coefficient (Wildman–Crippen LogP) is 13.0. The first-order valence-electron chi connectivity index (χ1n) is 18.5. The molecule has 0 saturated heterocycles. The molecule has 2 aromatic heterocycles. The van der Waals surface area contributed by atoms with Crippen molar-refractivity contribution in [3.05, 3.63) is 206 Å². The Balaban J connectivity index is 1.11. The van der Waals surface area contributed by atoms with E-state index in [2.05, 4.69) is 193 Å². The minimum Gasteiger partial charge on any atom is -0.309 e. The van der Waals surface area contributed by atoms with Gasteiger partial charge in [0, 0.05) is 33.0 Å². The molecule has 0 unspecified atom stereocenters. The summed E-state index contributed by atoms with van der Waals surface area (Å²) in [7, 11) is 0. The van der Waals surface area contributed by atoms with Crippen LogP contribution in [0.5, 0.6) is 0 Å². The van der Waals surface area contributed by atoms with Gasteiger partial charge in [-0.3, -0.25) is 0 Å². The third-order valence-electron chi connectivity index (χ3n) is 10.3. The first-order valence-corrected chi connectivity index (χ1v) is 18.5. The molecule has 10 aromatic rings. The lowest BCUT2D eigenvalue weighted by atomic mass is 9.99. The molecule has 0 amide bonds. The molecule has 0 radical (unpaired) electrons. The van der Waals surface area contributed by atoms with Gasteiger partial charge < -0.3 is 4.57 Å². The van der Waals surface area contributed by atoms with E-state index >= 15 is 0 Å². The summed E-state index contributed by atoms with van der Waals surface area (Å²) in [6.45, 7) is 0. The minimum atomic E-state index is 0.621. The van der Waals surface area contributed by atoms with Gasteiger partial charge in [-0.2, -0.15) is 0 Å². The second-order valence-corrected chi connectivity index (χ2v) is 13.6. The van der Waals surface area contributed by atoms with Crippen molar-refractivity contribution < 1.29 is 0 Å². The van der Waals surface area contributed by atoms with Crippen molar-refractivity contribution >= 4 is 21.8 Å². The Hall–Kier alpha value is -7.43.